The molecule has 0 saturated carbocycles. The van der Waals surface area contributed by atoms with Crippen molar-refractivity contribution in [3.63, 3.8) is 0 Å². The van der Waals surface area contributed by atoms with Crippen molar-refractivity contribution in [3.8, 4) is 0 Å². The van der Waals surface area contributed by atoms with Crippen LogP contribution in [0.2, 0.25) is 0 Å². The van der Waals surface area contributed by atoms with E-state index in [0.717, 1.165) is 0 Å². The monoisotopic (exact) mass is 284 g/mol. The number of non-ortho nitro benzene ring substituents is 1. The fraction of sp³-hybridized carbons (Fsp3) is 0. The number of anilines is 1. The van der Waals surface area contributed by atoms with E-state index in [4.69, 9.17) is 0 Å². The molecule has 0 saturated heterocycles. The molecule has 2 aromatic carbocycles. The number of nitrogens with one attached hydrogen (secondary N) is 1. The molecule has 0 amide bonds. The smallest absolute Gasteiger partial charge is 0.352 e. The zero-order valence-corrected chi connectivity index (χ0v) is 10.9. The van der Waals surface area contributed by atoms with Crippen LogP contribution < -0.4 is 5.32 Å². The molecule has 0 atom stereocenters. The first-order valence-corrected chi connectivity index (χ1v) is 6.08. The van der Waals surface area contributed by atoms with Crippen LogP contribution in [0.1, 0.15) is 5.56 Å². The van der Waals surface area contributed by atoms with Gasteiger partial charge in [0, 0.05) is 17.8 Å². The van der Waals surface area contributed by atoms with Gasteiger partial charge in [-0.05, 0) is 35.9 Å². The van der Waals surface area contributed by atoms with E-state index in [2.05, 4.69) is 5.32 Å². The first kappa shape index (κ1) is 14.3. The summed E-state index contributed by atoms with van der Waals surface area (Å²) in [5.41, 5.74) is 1.14. The molecular weight excluding hydrogens is 272 g/mol. The highest BCUT2D eigenvalue weighted by Gasteiger charge is 2.09. The summed E-state index contributed by atoms with van der Waals surface area (Å²) in [5.74, 6) is -1.11. The molecule has 0 aliphatic carbocycles. The number of rotatable bonds is 5. The van der Waals surface area contributed by atoms with E-state index >= 15 is 0 Å². The van der Waals surface area contributed by atoms with E-state index < -0.39 is 10.9 Å². The van der Waals surface area contributed by atoms with Gasteiger partial charge in [-0.15, -0.1) is 0 Å². The third-order valence-corrected chi connectivity index (χ3v) is 2.70. The molecule has 21 heavy (non-hydrogen) atoms. The Kier molecular flexibility index (Phi) is 4.30. The summed E-state index contributed by atoms with van der Waals surface area (Å²) in [6.45, 7) is 0. The van der Waals surface area contributed by atoms with Crippen LogP contribution in [0.15, 0.2) is 60.3 Å². The van der Waals surface area contributed by atoms with Crippen molar-refractivity contribution in [1.82, 2.24) is 0 Å². The van der Waals surface area contributed by atoms with Gasteiger partial charge in [-0.25, -0.2) is 4.79 Å². The van der Waals surface area contributed by atoms with Gasteiger partial charge in [0.05, 0.1) is 4.92 Å². The first-order chi connectivity index (χ1) is 10.1. The van der Waals surface area contributed by atoms with Crippen molar-refractivity contribution in [3.05, 3.63) is 76.0 Å². The highest BCUT2D eigenvalue weighted by molar-refractivity contribution is 5.95. The van der Waals surface area contributed by atoms with Gasteiger partial charge in [0.2, 0.25) is 0 Å². The number of nitro groups is 1. The Morgan fingerprint density at radius 3 is 2.24 bits per heavy atom. The lowest BCUT2D eigenvalue weighted by molar-refractivity contribution is -0.384. The van der Waals surface area contributed by atoms with E-state index in [1.54, 1.807) is 24.3 Å². The van der Waals surface area contributed by atoms with Crippen LogP contribution >= 0.6 is 0 Å². The standard InChI is InChI=1S/C15H12N2O4/c18-15(19)14(16-12-4-2-1-3-5-12)10-11-6-8-13(9-7-11)17(20)21/h1-10,16H,(H,18,19). The highest BCUT2D eigenvalue weighted by Crippen LogP contribution is 2.16. The molecule has 6 heteroatoms. The summed E-state index contributed by atoms with van der Waals surface area (Å²) in [7, 11) is 0. The van der Waals surface area contributed by atoms with Crippen LogP contribution in [0.5, 0.6) is 0 Å². The Bertz CT molecular complexity index is 679. The van der Waals surface area contributed by atoms with Crippen LogP contribution in [-0.2, 0) is 4.79 Å². The number of aliphatic carboxylic acids is 1. The minimum Gasteiger partial charge on any atom is -0.477 e. The summed E-state index contributed by atoms with van der Waals surface area (Å²) in [6, 6.07) is 14.5. The van der Waals surface area contributed by atoms with Gasteiger partial charge >= 0.3 is 5.97 Å². The number of hydrogen-bond donors (Lipinski definition) is 2. The summed E-state index contributed by atoms with van der Waals surface area (Å²) < 4.78 is 0. The second kappa shape index (κ2) is 6.33. The number of carbonyl (C=O) groups is 1. The van der Waals surface area contributed by atoms with E-state index in [1.807, 2.05) is 6.07 Å². The average Bonchev–Trinajstić information content (AvgIpc) is 2.48. The van der Waals surface area contributed by atoms with Gasteiger partial charge in [-0.2, -0.15) is 0 Å². The van der Waals surface area contributed by atoms with Crippen molar-refractivity contribution < 1.29 is 14.8 Å². The Morgan fingerprint density at radius 2 is 1.71 bits per heavy atom. The maximum Gasteiger partial charge on any atom is 0.352 e. The van der Waals surface area contributed by atoms with Crippen LogP contribution in [-0.4, -0.2) is 16.0 Å². The zero-order valence-electron chi connectivity index (χ0n) is 10.9. The van der Waals surface area contributed by atoms with Crippen LogP contribution in [0.25, 0.3) is 6.08 Å². The predicted molar refractivity (Wildman–Crippen MR) is 78.8 cm³/mol. The topological polar surface area (TPSA) is 92.5 Å². The Hall–Kier alpha value is -3.15. The Balaban J connectivity index is 2.25. The molecule has 0 aliphatic heterocycles. The Labute approximate surface area is 120 Å². The Morgan fingerprint density at radius 1 is 1.10 bits per heavy atom. The van der Waals surface area contributed by atoms with Gasteiger partial charge in [0.1, 0.15) is 5.70 Å². The second-order valence-corrected chi connectivity index (χ2v) is 4.20. The number of benzene rings is 2. The van der Waals surface area contributed by atoms with Crippen LogP contribution in [0, 0.1) is 10.1 Å². The molecule has 2 aromatic rings. The van der Waals surface area contributed by atoms with E-state index in [0.29, 0.717) is 11.3 Å². The molecule has 2 rings (SSSR count). The normalized spacial score (nSPS) is 11.0. The summed E-state index contributed by atoms with van der Waals surface area (Å²) in [5, 5.41) is 22.6. The molecule has 0 bridgehead atoms. The van der Waals surface area contributed by atoms with Crippen molar-refractivity contribution in [1.29, 1.82) is 0 Å². The van der Waals surface area contributed by atoms with E-state index in [9.17, 15) is 20.0 Å². The molecule has 0 spiro atoms. The van der Waals surface area contributed by atoms with Crippen LogP contribution in [0.3, 0.4) is 0 Å². The van der Waals surface area contributed by atoms with Gasteiger partial charge in [-0.3, -0.25) is 10.1 Å². The number of carboxylic acids is 1. The fourth-order valence-corrected chi connectivity index (χ4v) is 1.69. The molecule has 0 aromatic heterocycles. The average molecular weight is 284 g/mol. The lowest BCUT2D eigenvalue weighted by atomic mass is 10.1. The van der Waals surface area contributed by atoms with Crippen molar-refractivity contribution >= 4 is 23.4 Å². The van der Waals surface area contributed by atoms with Crippen molar-refractivity contribution in [2.75, 3.05) is 5.32 Å². The summed E-state index contributed by atoms with van der Waals surface area (Å²) >= 11 is 0. The minimum atomic E-state index is -1.11. The number of carboxylic acid groups (broad SMARTS) is 1. The molecule has 0 heterocycles. The summed E-state index contributed by atoms with van der Waals surface area (Å²) in [4.78, 5) is 21.3. The number of hydrogen-bond acceptors (Lipinski definition) is 4. The van der Waals surface area contributed by atoms with E-state index in [-0.39, 0.29) is 11.4 Å². The largest absolute Gasteiger partial charge is 0.477 e. The first-order valence-electron chi connectivity index (χ1n) is 6.08. The third kappa shape index (κ3) is 3.90. The maximum atomic E-state index is 11.2. The molecule has 0 aliphatic rings. The van der Waals surface area contributed by atoms with Gasteiger partial charge < -0.3 is 10.4 Å². The van der Waals surface area contributed by atoms with Gasteiger partial charge in [-0.1, -0.05) is 18.2 Å². The predicted octanol–water partition coefficient (Wildman–Crippen LogP) is 3.13. The van der Waals surface area contributed by atoms with Crippen molar-refractivity contribution in [2.45, 2.75) is 0 Å². The molecule has 0 fully saturated rings. The highest BCUT2D eigenvalue weighted by atomic mass is 16.6. The second-order valence-electron chi connectivity index (χ2n) is 4.20. The van der Waals surface area contributed by atoms with Crippen LogP contribution in [0.4, 0.5) is 11.4 Å². The maximum absolute atomic E-state index is 11.2. The quantitative estimate of drug-likeness (QED) is 0.500. The SMILES string of the molecule is O=C(O)C(=Cc1ccc([N+](=O)[O-])cc1)Nc1ccccc1. The molecule has 106 valence electrons. The lowest BCUT2D eigenvalue weighted by Crippen LogP contribution is -2.10. The van der Waals surface area contributed by atoms with Gasteiger partial charge in [0.25, 0.3) is 5.69 Å². The fourth-order valence-electron chi connectivity index (χ4n) is 1.69. The lowest BCUT2D eigenvalue weighted by Gasteiger charge is -2.07. The van der Waals surface area contributed by atoms with Gasteiger partial charge in [0.15, 0.2) is 0 Å². The molecule has 2 N–H and O–H groups in total. The third-order valence-electron chi connectivity index (χ3n) is 2.70. The minimum absolute atomic E-state index is 0.0185. The summed E-state index contributed by atoms with van der Waals surface area (Å²) in [6.07, 6.45) is 1.42. The number of nitrogens with zero attached hydrogens (tertiary/aromatic N) is 1. The van der Waals surface area contributed by atoms with E-state index in [1.165, 1.54) is 30.3 Å². The zero-order chi connectivity index (χ0) is 15.2. The number of para-hydroxylation sites is 1. The van der Waals surface area contributed by atoms with Crippen molar-refractivity contribution in [2.24, 2.45) is 0 Å². The number of nitro benzene ring substituents is 1. The molecular formula is C15H12N2O4. The molecule has 6 nitrogen and oxygen atoms in total. The molecule has 0 radical (unpaired) electrons. The molecule has 0 unspecified atom stereocenters.